The second-order valence-corrected chi connectivity index (χ2v) is 6.01. The van der Waals surface area contributed by atoms with Gasteiger partial charge in [0.1, 0.15) is 24.2 Å². The fraction of sp³-hybridized carbons (Fsp3) is 0.368. The van der Waals surface area contributed by atoms with E-state index in [9.17, 15) is 0 Å². The Morgan fingerprint density at radius 3 is 2.96 bits per heavy atom. The number of pyridine rings is 1. The summed E-state index contributed by atoms with van der Waals surface area (Å²) in [6.07, 6.45) is 2.87. The van der Waals surface area contributed by atoms with Crippen LogP contribution in [0.2, 0.25) is 0 Å². The van der Waals surface area contributed by atoms with Crippen molar-refractivity contribution in [2.24, 2.45) is 5.92 Å². The lowest BCUT2D eigenvalue weighted by Gasteiger charge is -2.17. The number of nitrogens with one attached hydrogen (secondary N) is 1. The molecule has 2 aromatic rings. The summed E-state index contributed by atoms with van der Waals surface area (Å²) in [5.74, 6) is 2.19. The second-order valence-electron chi connectivity index (χ2n) is 6.01. The molecule has 1 aliphatic heterocycles. The topological polar surface area (TPSA) is 61.2 Å². The van der Waals surface area contributed by atoms with E-state index in [4.69, 9.17) is 10.00 Å². The fourth-order valence-corrected chi connectivity index (χ4v) is 2.97. The van der Waals surface area contributed by atoms with Gasteiger partial charge in [-0.05, 0) is 43.1 Å². The van der Waals surface area contributed by atoms with Crippen LogP contribution in [0.4, 0.5) is 5.82 Å². The number of nitrogens with zero attached hydrogens (tertiary/aromatic N) is 3. The van der Waals surface area contributed by atoms with E-state index in [1.165, 1.54) is 0 Å². The molecule has 0 saturated carbocycles. The van der Waals surface area contributed by atoms with Crippen LogP contribution < -0.4 is 10.1 Å². The van der Waals surface area contributed by atoms with E-state index in [2.05, 4.69) is 21.3 Å². The van der Waals surface area contributed by atoms with E-state index in [1.807, 2.05) is 30.3 Å². The molecule has 1 saturated heterocycles. The Hall–Kier alpha value is -2.58. The van der Waals surface area contributed by atoms with Gasteiger partial charge in [0.2, 0.25) is 0 Å². The number of ether oxygens (including phenoxy) is 1. The van der Waals surface area contributed by atoms with Crippen LogP contribution >= 0.6 is 0 Å². The molecule has 3 rings (SSSR count). The summed E-state index contributed by atoms with van der Waals surface area (Å²) in [5, 5.41) is 12.4. The van der Waals surface area contributed by atoms with Crippen LogP contribution in [-0.4, -0.2) is 42.7 Å². The molecule has 0 radical (unpaired) electrons. The van der Waals surface area contributed by atoms with Crippen molar-refractivity contribution < 1.29 is 4.74 Å². The molecular formula is C19H22N4O. The highest BCUT2D eigenvalue weighted by Gasteiger charge is 2.22. The highest BCUT2D eigenvalue weighted by molar-refractivity contribution is 5.51. The van der Waals surface area contributed by atoms with Gasteiger partial charge in [0, 0.05) is 25.8 Å². The van der Waals surface area contributed by atoms with Crippen LogP contribution in [0.5, 0.6) is 5.75 Å². The van der Waals surface area contributed by atoms with E-state index in [0.29, 0.717) is 23.9 Å². The van der Waals surface area contributed by atoms with Gasteiger partial charge in [-0.1, -0.05) is 18.2 Å². The lowest BCUT2D eigenvalue weighted by atomic mass is 10.1. The fourth-order valence-electron chi connectivity index (χ4n) is 2.97. The summed E-state index contributed by atoms with van der Waals surface area (Å²) in [6.45, 7) is 4.65. The molecule has 2 heterocycles. The van der Waals surface area contributed by atoms with Crippen LogP contribution in [0.15, 0.2) is 48.7 Å². The number of hydrogen-bond acceptors (Lipinski definition) is 5. The maximum Gasteiger partial charge on any atom is 0.143 e. The summed E-state index contributed by atoms with van der Waals surface area (Å²) in [5.41, 5.74) is 0.601. The monoisotopic (exact) mass is 322 g/mol. The van der Waals surface area contributed by atoms with Crippen LogP contribution in [-0.2, 0) is 0 Å². The minimum absolute atomic E-state index is 0.579. The van der Waals surface area contributed by atoms with Crippen molar-refractivity contribution in [3.63, 3.8) is 0 Å². The van der Waals surface area contributed by atoms with Crippen molar-refractivity contribution in [1.82, 2.24) is 9.88 Å². The molecule has 1 N–H and O–H groups in total. The predicted molar refractivity (Wildman–Crippen MR) is 93.9 cm³/mol. The Kier molecular flexibility index (Phi) is 5.65. The van der Waals surface area contributed by atoms with Crippen molar-refractivity contribution in [3.05, 3.63) is 54.2 Å². The predicted octanol–water partition coefficient (Wildman–Crippen LogP) is 2.77. The molecule has 1 aromatic carbocycles. The Balaban J connectivity index is 1.39. The minimum atomic E-state index is 0.579. The summed E-state index contributed by atoms with van der Waals surface area (Å²) in [6, 6.07) is 15.7. The van der Waals surface area contributed by atoms with Gasteiger partial charge in [0.15, 0.2) is 0 Å². The second kappa shape index (κ2) is 8.32. The van der Waals surface area contributed by atoms with Gasteiger partial charge in [-0.15, -0.1) is 0 Å². The Labute approximate surface area is 142 Å². The third-order valence-corrected chi connectivity index (χ3v) is 4.28. The van der Waals surface area contributed by atoms with Gasteiger partial charge < -0.3 is 10.1 Å². The van der Waals surface area contributed by atoms with Crippen molar-refractivity contribution in [2.75, 3.05) is 38.1 Å². The zero-order chi connectivity index (χ0) is 16.6. The number of aromatic nitrogens is 1. The van der Waals surface area contributed by atoms with Crippen LogP contribution in [0.1, 0.15) is 12.0 Å². The molecule has 24 heavy (non-hydrogen) atoms. The molecule has 0 amide bonds. The van der Waals surface area contributed by atoms with Crippen LogP contribution in [0, 0.1) is 17.2 Å². The van der Waals surface area contributed by atoms with E-state index < -0.39 is 0 Å². The normalized spacial score (nSPS) is 17.4. The van der Waals surface area contributed by atoms with E-state index in [0.717, 1.165) is 38.3 Å². The number of benzene rings is 1. The number of nitriles is 1. The van der Waals surface area contributed by atoms with Gasteiger partial charge in [0.05, 0.1) is 5.56 Å². The van der Waals surface area contributed by atoms with Crippen LogP contribution in [0.3, 0.4) is 0 Å². The lowest BCUT2D eigenvalue weighted by molar-refractivity contribution is 0.233. The molecule has 1 aromatic heterocycles. The summed E-state index contributed by atoms with van der Waals surface area (Å²) in [7, 11) is 0. The molecular weight excluding hydrogens is 300 g/mol. The van der Waals surface area contributed by atoms with E-state index >= 15 is 0 Å². The smallest absolute Gasteiger partial charge is 0.143 e. The van der Waals surface area contributed by atoms with Gasteiger partial charge in [-0.3, -0.25) is 4.90 Å². The van der Waals surface area contributed by atoms with Crippen molar-refractivity contribution >= 4 is 5.82 Å². The molecule has 0 unspecified atom stereocenters. The third-order valence-electron chi connectivity index (χ3n) is 4.28. The SMILES string of the molecule is N#Cc1cccnc1NC[C@H]1CCN(CCOc2ccccc2)C1. The average molecular weight is 322 g/mol. The maximum atomic E-state index is 9.09. The first-order valence-electron chi connectivity index (χ1n) is 8.34. The first kappa shape index (κ1) is 16.3. The van der Waals surface area contributed by atoms with Crippen molar-refractivity contribution in [3.8, 4) is 11.8 Å². The number of likely N-dealkylation sites (tertiary alicyclic amines) is 1. The summed E-state index contributed by atoms with van der Waals surface area (Å²) < 4.78 is 5.76. The van der Waals surface area contributed by atoms with Gasteiger partial charge in [-0.25, -0.2) is 4.98 Å². The first-order valence-corrected chi connectivity index (χ1v) is 8.34. The standard InChI is InChI=1S/C19H22N4O/c20-13-17-5-4-9-21-19(17)22-14-16-8-10-23(15-16)11-12-24-18-6-2-1-3-7-18/h1-7,9,16H,8,10-12,14-15H2,(H,21,22)/t16-/m1/s1. The molecule has 0 aliphatic carbocycles. The van der Waals surface area contributed by atoms with Gasteiger partial charge >= 0.3 is 0 Å². The molecule has 1 aliphatic rings. The molecule has 124 valence electrons. The highest BCUT2D eigenvalue weighted by atomic mass is 16.5. The molecule has 0 spiro atoms. The third kappa shape index (κ3) is 4.46. The van der Waals surface area contributed by atoms with E-state index in [1.54, 1.807) is 18.3 Å². The molecule has 1 atom stereocenters. The lowest BCUT2D eigenvalue weighted by Crippen LogP contribution is -2.27. The van der Waals surface area contributed by atoms with Gasteiger partial charge in [-0.2, -0.15) is 5.26 Å². The van der Waals surface area contributed by atoms with Gasteiger partial charge in [0.25, 0.3) is 0 Å². The number of rotatable bonds is 7. The molecule has 5 nitrogen and oxygen atoms in total. The largest absolute Gasteiger partial charge is 0.492 e. The molecule has 1 fully saturated rings. The zero-order valence-corrected chi connectivity index (χ0v) is 13.7. The summed E-state index contributed by atoms with van der Waals surface area (Å²) >= 11 is 0. The number of anilines is 1. The van der Waals surface area contributed by atoms with Crippen LogP contribution in [0.25, 0.3) is 0 Å². The Bertz CT molecular complexity index is 683. The van der Waals surface area contributed by atoms with Crippen molar-refractivity contribution in [1.29, 1.82) is 5.26 Å². The molecule has 0 bridgehead atoms. The van der Waals surface area contributed by atoms with Crippen molar-refractivity contribution in [2.45, 2.75) is 6.42 Å². The zero-order valence-electron chi connectivity index (χ0n) is 13.7. The Morgan fingerprint density at radius 2 is 2.12 bits per heavy atom. The quantitative estimate of drug-likeness (QED) is 0.849. The Morgan fingerprint density at radius 1 is 1.25 bits per heavy atom. The number of para-hydroxylation sites is 1. The summed E-state index contributed by atoms with van der Waals surface area (Å²) in [4.78, 5) is 6.67. The average Bonchev–Trinajstić information content (AvgIpc) is 3.09. The maximum absolute atomic E-state index is 9.09. The minimum Gasteiger partial charge on any atom is -0.492 e. The number of hydrogen-bond donors (Lipinski definition) is 1. The highest BCUT2D eigenvalue weighted by Crippen LogP contribution is 2.18. The molecule has 5 heteroatoms. The first-order chi connectivity index (χ1) is 11.8. The van der Waals surface area contributed by atoms with E-state index in [-0.39, 0.29) is 0 Å².